The molecule has 1 atom stereocenters. The molecule has 1 aromatic carbocycles. The third-order valence-corrected chi connectivity index (χ3v) is 5.79. The number of amides is 2. The van der Waals surface area contributed by atoms with Crippen LogP contribution in [-0.4, -0.2) is 59.6 Å². The second-order valence-corrected chi connectivity index (χ2v) is 7.33. The van der Waals surface area contributed by atoms with Gasteiger partial charge in [0, 0.05) is 31.5 Å². The van der Waals surface area contributed by atoms with Crippen LogP contribution < -0.4 is 5.32 Å². The van der Waals surface area contributed by atoms with Crippen LogP contribution in [0.1, 0.15) is 19.8 Å². The Balaban J connectivity index is 1.53. The van der Waals surface area contributed by atoms with Gasteiger partial charge < -0.3 is 15.1 Å². The first-order valence-corrected chi connectivity index (χ1v) is 9.06. The summed E-state index contributed by atoms with van der Waals surface area (Å²) in [5, 5.41) is 2.97. The summed E-state index contributed by atoms with van der Waals surface area (Å²) in [6.45, 7) is 6.07. The van der Waals surface area contributed by atoms with Crippen LogP contribution in [-0.2, 0) is 9.59 Å². The largest absolute Gasteiger partial charge is 0.342 e. The summed E-state index contributed by atoms with van der Waals surface area (Å²) >= 11 is 1.66. The Bertz CT molecular complexity index is 593. The zero-order valence-corrected chi connectivity index (χ0v) is 14.3. The molecular formula is C17H23N3O2S. The standard InChI is InChI=1S/C17H23N3O2S/c1-13(21)20-9-4-8-19(11-12-20)10-7-16-17(22)18-14-5-2-3-6-15(14)23-16/h2-3,5-6,16H,4,7-12H2,1H3,(H,18,22). The van der Waals surface area contributed by atoms with Crippen molar-refractivity contribution in [2.45, 2.75) is 29.9 Å². The first-order chi connectivity index (χ1) is 11.1. The summed E-state index contributed by atoms with van der Waals surface area (Å²) in [6, 6.07) is 7.95. The van der Waals surface area contributed by atoms with E-state index in [4.69, 9.17) is 0 Å². The molecule has 6 heteroatoms. The van der Waals surface area contributed by atoms with Crippen LogP contribution in [0.2, 0.25) is 0 Å². The number of carbonyl (C=O) groups excluding carboxylic acids is 2. The third-order valence-electron chi connectivity index (χ3n) is 4.45. The number of nitrogens with zero attached hydrogens (tertiary/aromatic N) is 2. The second-order valence-electron chi connectivity index (χ2n) is 6.08. The van der Waals surface area contributed by atoms with Gasteiger partial charge in [-0.3, -0.25) is 9.59 Å². The molecule has 0 radical (unpaired) electrons. The molecular weight excluding hydrogens is 310 g/mol. The molecule has 2 aliphatic rings. The number of para-hydroxylation sites is 1. The summed E-state index contributed by atoms with van der Waals surface area (Å²) in [5.74, 6) is 0.263. The highest BCUT2D eigenvalue weighted by molar-refractivity contribution is 8.01. The molecule has 2 aliphatic heterocycles. The second kappa shape index (κ2) is 7.36. The average Bonchev–Trinajstić information content (AvgIpc) is 2.78. The molecule has 0 saturated carbocycles. The van der Waals surface area contributed by atoms with E-state index in [-0.39, 0.29) is 17.1 Å². The van der Waals surface area contributed by atoms with E-state index in [1.165, 1.54) is 0 Å². The topological polar surface area (TPSA) is 52.7 Å². The van der Waals surface area contributed by atoms with Gasteiger partial charge in [-0.05, 0) is 38.1 Å². The van der Waals surface area contributed by atoms with Crippen molar-refractivity contribution in [3.63, 3.8) is 0 Å². The number of thioether (sulfide) groups is 1. The third kappa shape index (κ3) is 4.06. The van der Waals surface area contributed by atoms with E-state index in [1.54, 1.807) is 18.7 Å². The van der Waals surface area contributed by atoms with Crippen molar-refractivity contribution in [3.8, 4) is 0 Å². The van der Waals surface area contributed by atoms with Gasteiger partial charge in [0.2, 0.25) is 11.8 Å². The van der Waals surface area contributed by atoms with Crippen molar-refractivity contribution in [1.82, 2.24) is 9.80 Å². The highest BCUT2D eigenvalue weighted by atomic mass is 32.2. The van der Waals surface area contributed by atoms with Crippen molar-refractivity contribution < 1.29 is 9.59 Å². The molecule has 0 spiro atoms. The van der Waals surface area contributed by atoms with E-state index in [0.29, 0.717) is 0 Å². The maximum Gasteiger partial charge on any atom is 0.237 e. The molecule has 2 heterocycles. The quantitative estimate of drug-likeness (QED) is 0.920. The molecule has 124 valence electrons. The molecule has 1 fully saturated rings. The summed E-state index contributed by atoms with van der Waals surface area (Å²) in [6.07, 6.45) is 1.84. The zero-order chi connectivity index (χ0) is 16.2. The van der Waals surface area contributed by atoms with Gasteiger partial charge >= 0.3 is 0 Å². The number of nitrogens with one attached hydrogen (secondary N) is 1. The number of carbonyl (C=O) groups is 2. The molecule has 0 bridgehead atoms. The Hall–Kier alpha value is -1.53. The zero-order valence-electron chi connectivity index (χ0n) is 13.5. The summed E-state index contributed by atoms with van der Waals surface area (Å²) in [5.41, 5.74) is 0.922. The van der Waals surface area contributed by atoms with Crippen LogP contribution in [0, 0.1) is 0 Å². The van der Waals surface area contributed by atoms with Gasteiger partial charge in [0.15, 0.2) is 0 Å². The normalized spacial score (nSPS) is 22.2. The fourth-order valence-corrected chi connectivity index (χ4v) is 4.19. The van der Waals surface area contributed by atoms with E-state index in [2.05, 4.69) is 16.3 Å². The van der Waals surface area contributed by atoms with E-state index in [1.807, 2.05) is 23.1 Å². The summed E-state index contributed by atoms with van der Waals surface area (Å²) < 4.78 is 0. The van der Waals surface area contributed by atoms with Gasteiger partial charge in [0.05, 0.1) is 10.9 Å². The van der Waals surface area contributed by atoms with Crippen LogP contribution >= 0.6 is 11.8 Å². The molecule has 23 heavy (non-hydrogen) atoms. The van der Waals surface area contributed by atoms with Crippen molar-refractivity contribution in [3.05, 3.63) is 24.3 Å². The lowest BCUT2D eigenvalue weighted by molar-refractivity contribution is -0.128. The Morgan fingerprint density at radius 3 is 2.91 bits per heavy atom. The van der Waals surface area contributed by atoms with E-state index in [0.717, 1.165) is 56.1 Å². The maximum atomic E-state index is 12.2. The predicted octanol–water partition coefficient (Wildman–Crippen LogP) is 2.04. The Morgan fingerprint density at radius 1 is 1.26 bits per heavy atom. The van der Waals surface area contributed by atoms with Crippen molar-refractivity contribution >= 4 is 29.3 Å². The first kappa shape index (κ1) is 16.3. The van der Waals surface area contributed by atoms with Gasteiger partial charge in [-0.15, -0.1) is 11.8 Å². The molecule has 2 amide bonds. The molecule has 3 rings (SSSR count). The molecule has 0 aromatic heterocycles. The van der Waals surface area contributed by atoms with E-state index >= 15 is 0 Å². The number of fused-ring (bicyclic) bond motifs is 1. The van der Waals surface area contributed by atoms with Crippen molar-refractivity contribution in [2.24, 2.45) is 0 Å². The van der Waals surface area contributed by atoms with Crippen LogP contribution in [0.4, 0.5) is 5.69 Å². The minimum absolute atomic E-state index is 0.0305. The van der Waals surface area contributed by atoms with Crippen LogP contribution in [0.15, 0.2) is 29.2 Å². The number of rotatable bonds is 3. The lowest BCUT2D eigenvalue weighted by Gasteiger charge is -2.27. The van der Waals surface area contributed by atoms with Gasteiger partial charge in [-0.25, -0.2) is 0 Å². The predicted molar refractivity (Wildman–Crippen MR) is 92.6 cm³/mol. The highest BCUT2D eigenvalue weighted by Crippen LogP contribution is 2.36. The van der Waals surface area contributed by atoms with Gasteiger partial charge in [0.1, 0.15) is 0 Å². The van der Waals surface area contributed by atoms with Gasteiger partial charge in [-0.1, -0.05) is 12.1 Å². The Labute approximate surface area is 141 Å². The number of hydrogen-bond acceptors (Lipinski definition) is 4. The van der Waals surface area contributed by atoms with Crippen LogP contribution in [0.25, 0.3) is 0 Å². The average molecular weight is 333 g/mol. The molecule has 1 aromatic rings. The smallest absolute Gasteiger partial charge is 0.237 e. The number of benzene rings is 1. The van der Waals surface area contributed by atoms with E-state index in [9.17, 15) is 9.59 Å². The van der Waals surface area contributed by atoms with Crippen molar-refractivity contribution in [2.75, 3.05) is 38.0 Å². The number of hydrogen-bond donors (Lipinski definition) is 1. The van der Waals surface area contributed by atoms with E-state index < -0.39 is 0 Å². The molecule has 5 nitrogen and oxygen atoms in total. The minimum Gasteiger partial charge on any atom is -0.342 e. The van der Waals surface area contributed by atoms with Gasteiger partial charge in [0.25, 0.3) is 0 Å². The molecule has 0 aliphatic carbocycles. The summed E-state index contributed by atoms with van der Waals surface area (Å²) in [4.78, 5) is 29.1. The molecule has 1 unspecified atom stereocenters. The minimum atomic E-state index is -0.0305. The fourth-order valence-electron chi connectivity index (χ4n) is 3.09. The Morgan fingerprint density at radius 2 is 2.09 bits per heavy atom. The lowest BCUT2D eigenvalue weighted by atomic mass is 10.2. The van der Waals surface area contributed by atoms with Crippen LogP contribution in [0.3, 0.4) is 0 Å². The first-order valence-electron chi connectivity index (χ1n) is 8.18. The Kier molecular flexibility index (Phi) is 5.23. The maximum absolute atomic E-state index is 12.2. The van der Waals surface area contributed by atoms with Crippen molar-refractivity contribution in [1.29, 1.82) is 0 Å². The molecule has 1 N–H and O–H groups in total. The fraction of sp³-hybridized carbons (Fsp3) is 0.529. The van der Waals surface area contributed by atoms with Gasteiger partial charge in [-0.2, -0.15) is 0 Å². The molecule has 1 saturated heterocycles. The highest BCUT2D eigenvalue weighted by Gasteiger charge is 2.27. The van der Waals surface area contributed by atoms with Crippen LogP contribution in [0.5, 0.6) is 0 Å². The summed E-state index contributed by atoms with van der Waals surface area (Å²) in [7, 11) is 0. The number of anilines is 1. The lowest BCUT2D eigenvalue weighted by Crippen LogP contribution is -2.36. The SMILES string of the molecule is CC(=O)N1CCCN(CCC2Sc3ccccc3NC2=O)CC1. The monoisotopic (exact) mass is 333 g/mol.